The van der Waals surface area contributed by atoms with Crippen molar-refractivity contribution in [3.05, 3.63) is 28.5 Å². The van der Waals surface area contributed by atoms with Crippen molar-refractivity contribution >= 4 is 11.6 Å². The predicted octanol–water partition coefficient (Wildman–Crippen LogP) is 2.62. The predicted molar refractivity (Wildman–Crippen MR) is 55.6 cm³/mol. The normalized spacial score (nSPS) is 12.9. The van der Waals surface area contributed by atoms with Gasteiger partial charge in [-0.1, -0.05) is 11.6 Å². The molecule has 1 unspecified atom stereocenters. The van der Waals surface area contributed by atoms with Gasteiger partial charge in [-0.2, -0.15) is 0 Å². The van der Waals surface area contributed by atoms with Gasteiger partial charge in [0.15, 0.2) is 0 Å². The molecule has 0 heterocycles. The average molecular weight is 254 g/mol. The molecule has 0 spiro atoms. The highest BCUT2D eigenvalue weighted by molar-refractivity contribution is 6.31. The second-order valence-electron chi connectivity index (χ2n) is 3.24. The average Bonchev–Trinajstić information content (AvgIpc) is 2.25. The molecule has 16 heavy (non-hydrogen) atoms. The summed E-state index contributed by atoms with van der Waals surface area (Å²) in [6, 6.07) is 1.04. The van der Waals surface area contributed by atoms with Crippen molar-refractivity contribution in [2.45, 2.75) is 18.9 Å². The van der Waals surface area contributed by atoms with E-state index in [-0.39, 0.29) is 22.8 Å². The molecule has 0 aromatic heterocycles. The number of ether oxygens (including phenoxy) is 1. The fraction of sp³-hybridized carbons (Fsp3) is 0.400. The number of alkyl halides is 2. The Kier molecular flexibility index (Phi) is 4.44. The third-order valence-corrected chi connectivity index (χ3v) is 2.55. The van der Waals surface area contributed by atoms with E-state index < -0.39 is 18.3 Å². The second kappa shape index (κ2) is 5.41. The molecular formula is C10H11ClF3NO. The molecule has 0 bridgehead atoms. The molecule has 6 heteroatoms. The van der Waals surface area contributed by atoms with Gasteiger partial charge < -0.3 is 10.5 Å². The SMILES string of the molecule is COc1ccc(F)c(Cl)c1CC(N)C(F)F. The van der Waals surface area contributed by atoms with Gasteiger partial charge in [-0.25, -0.2) is 13.2 Å². The molecule has 90 valence electrons. The summed E-state index contributed by atoms with van der Waals surface area (Å²) in [5, 5.41) is -0.226. The van der Waals surface area contributed by atoms with Crippen LogP contribution in [0, 0.1) is 5.82 Å². The van der Waals surface area contributed by atoms with E-state index in [4.69, 9.17) is 22.1 Å². The van der Waals surface area contributed by atoms with E-state index in [0.717, 1.165) is 6.07 Å². The topological polar surface area (TPSA) is 35.2 Å². The van der Waals surface area contributed by atoms with Gasteiger partial charge in [-0.15, -0.1) is 0 Å². The number of hydrogen-bond donors (Lipinski definition) is 1. The summed E-state index contributed by atoms with van der Waals surface area (Å²) in [5.74, 6) is -0.429. The molecule has 0 fully saturated rings. The molecule has 0 radical (unpaired) electrons. The molecule has 1 rings (SSSR count). The van der Waals surface area contributed by atoms with Crippen LogP contribution in [0.3, 0.4) is 0 Å². The largest absolute Gasteiger partial charge is 0.496 e. The van der Waals surface area contributed by atoms with Crippen molar-refractivity contribution in [3.63, 3.8) is 0 Å². The van der Waals surface area contributed by atoms with Crippen LogP contribution in [-0.2, 0) is 6.42 Å². The van der Waals surface area contributed by atoms with E-state index >= 15 is 0 Å². The summed E-state index contributed by atoms with van der Waals surface area (Å²) in [6.45, 7) is 0. The quantitative estimate of drug-likeness (QED) is 0.895. The van der Waals surface area contributed by atoms with Crippen molar-refractivity contribution in [2.24, 2.45) is 5.73 Å². The summed E-state index contributed by atoms with van der Waals surface area (Å²) in [5.41, 5.74) is 5.37. The molecule has 1 aromatic carbocycles. The number of benzene rings is 1. The highest BCUT2D eigenvalue weighted by Crippen LogP contribution is 2.30. The zero-order valence-electron chi connectivity index (χ0n) is 8.51. The lowest BCUT2D eigenvalue weighted by atomic mass is 10.1. The molecule has 0 saturated heterocycles. The van der Waals surface area contributed by atoms with Crippen molar-refractivity contribution in [3.8, 4) is 5.75 Å². The van der Waals surface area contributed by atoms with E-state index in [9.17, 15) is 13.2 Å². The van der Waals surface area contributed by atoms with Crippen LogP contribution in [0.4, 0.5) is 13.2 Å². The molecule has 0 aliphatic rings. The Hall–Kier alpha value is -0.940. The number of nitrogens with two attached hydrogens (primary N) is 1. The lowest BCUT2D eigenvalue weighted by molar-refractivity contribution is 0.115. The number of hydrogen-bond acceptors (Lipinski definition) is 2. The summed E-state index contributed by atoms with van der Waals surface area (Å²) in [7, 11) is 1.35. The maximum absolute atomic E-state index is 13.1. The lowest BCUT2D eigenvalue weighted by Crippen LogP contribution is -2.31. The van der Waals surface area contributed by atoms with Crippen molar-refractivity contribution in [1.29, 1.82) is 0 Å². The van der Waals surface area contributed by atoms with Gasteiger partial charge in [0.05, 0.1) is 18.2 Å². The fourth-order valence-corrected chi connectivity index (χ4v) is 1.51. The Morgan fingerprint density at radius 2 is 2.06 bits per heavy atom. The third-order valence-electron chi connectivity index (χ3n) is 2.14. The molecule has 1 aromatic rings. The summed E-state index contributed by atoms with van der Waals surface area (Å²) in [4.78, 5) is 0. The smallest absolute Gasteiger partial charge is 0.253 e. The summed E-state index contributed by atoms with van der Waals surface area (Å²) >= 11 is 5.67. The van der Waals surface area contributed by atoms with Crippen LogP contribution in [0.5, 0.6) is 5.75 Å². The third kappa shape index (κ3) is 2.80. The number of rotatable bonds is 4. The first-order chi connectivity index (χ1) is 7.47. The molecule has 2 nitrogen and oxygen atoms in total. The minimum Gasteiger partial charge on any atom is -0.496 e. The lowest BCUT2D eigenvalue weighted by Gasteiger charge is -2.15. The van der Waals surface area contributed by atoms with Crippen molar-refractivity contribution < 1.29 is 17.9 Å². The summed E-state index contributed by atoms with van der Waals surface area (Å²) < 4.78 is 42.6. The summed E-state index contributed by atoms with van der Waals surface area (Å²) in [6.07, 6.45) is -2.93. The van der Waals surface area contributed by atoms with Crippen LogP contribution in [-0.4, -0.2) is 19.6 Å². The van der Waals surface area contributed by atoms with Crippen LogP contribution in [0.15, 0.2) is 12.1 Å². The van der Waals surface area contributed by atoms with Gasteiger partial charge in [0.25, 0.3) is 6.43 Å². The van der Waals surface area contributed by atoms with Crippen LogP contribution in [0.2, 0.25) is 5.02 Å². The van der Waals surface area contributed by atoms with E-state index in [0.29, 0.717) is 0 Å². The second-order valence-corrected chi connectivity index (χ2v) is 3.62. The first-order valence-electron chi connectivity index (χ1n) is 4.52. The van der Waals surface area contributed by atoms with Crippen LogP contribution in [0.1, 0.15) is 5.56 Å². The molecule has 1 atom stereocenters. The Morgan fingerprint density at radius 1 is 1.44 bits per heavy atom. The van der Waals surface area contributed by atoms with E-state index in [2.05, 4.69) is 0 Å². The molecular weight excluding hydrogens is 243 g/mol. The molecule has 0 amide bonds. The van der Waals surface area contributed by atoms with Crippen LogP contribution in [0.25, 0.3) is 0 Å². The maximum atomic E-state index is 13.1. The van der Waals surface area contributed by atoms with Gasteiger partial charge >= 0.3 is 0 Å². The van der Waals surface area contributed by atoms with Crippen LogP contribution < -0.4 is 10.5 Å². The van der Waals surface area contributed by atoms with Crippen LogP contribution >= 0.6 is 11.6 Å². The van der Waals surface area contributed by atoms with E-state index in [1.807, 2.05) is 0 Å². The fourth-order valence-electron chi connectivity index (χ4n) is 1.28. The highest BCUT2D eigenvalue weighted by Gasteiger charge is 2.21. The van der Waals surface area contributed by atoms with Gasteiger partial charge in [0.2, 0.25) is 0 Å². The molecule has 0 saturated carbocycles. The first-order valence-corrected chi connectivity index (χ1v) is 4.89. The van der Waals surface area contributed by atoms with Gasteiger partial charge in [-0.05, 0) is 18.6 Å². The number of halogens is 4. The Labute approximate surface area is 96.1 Å². The Morgan fingerprint density at radius 3 is 2.56 bits per heavy atom. The maximum Gasteiger partial charge on any atom is 0.253 e. The zero-order valence-corrected chi connectivity index (χ0v) is 9.27. The standard InChI is InChI=1S/C10H11ClF3NO/c1-16-8-3-2-6(12)9(11)5(8)4-7(15)10(13)14/h2-3,7,10H,4,15H2,1H3. The minimum atomic E-state index is -2.69. The monoisotopic (exact) mass is 253 g/mol. The molecule has 0 aliphatic carbocycles. The highest BCUT2D eigenvalue weighted by atomic mass is 35.5. The van der Waals surface area contributed by atoms with Gasteiger partial charge in [-0.3, -0.25) is 0 Å². The van der Waals surface area contributed by atoms with Crippen molar-refractivity contribution in [2.75, 3.05) is 7.11 Å². The number of methoxy groups -OCH3 is 1. The Bertz CT molecular complexity index is 373. The molecule has 0 aliphatic heterocycles. The van der Waals surface area contributed by atoms with E-state index in [1.165, 1.54) is 13.2 Å². The minimum absolute atomic E-state index is 0.164. The van der Waals surface area contributed by atoms with Gasteiger partial charge in [0.1, 0.15) is 11.6 Å². The Balaban J connectivity index is 3.05. The van der Waals surface area contributed by atoms with Gasteiger partial charge in [0, 0.05) is 5.56 Å². The van der Waals surface area contributed by atoms with Crippen molar-refractivity contribution in [1.82, 2.24) is 0 Å². The zero-order chi connectivity index (χ0) is 12.3. The molecule has 2 N–H and O–H groups in total. The van der Waals surface area contributed by atoms with E-state index in [1.54, 1.807) is 0 Å². The first kappa shape index (κ1) is 13.1.